The largest absolute Gasteiger partial charge is 0.334 e. The molecule has 0 aromatic heterocycles. The Morgan fingerprint density at radius 1 is 1.45 bits per heavy atom. The van der Waals surface area contributed by atoms with Crippen LogP contribution in [-0.2, 0) is 16.4 Å². The predicted octanol–water partition coefficient (Wildman–Crippen LogP) is 0.907. The number of carbonyl (C=O) groups excluding carboxylic acids is 1. The van der Waals surface area contributed by atoms with Crippen LogP contribution in [0.2, 0.25) is 0 Å². The highest BCUT2D eigenvalue weighted by atomic mass is 32.2. The van der Waals surface area contributed by atoms with Crippen molar-refractivity contribution >= 4 is 15.9 Å². The molecule has 2 saturated heterocycles. The lowest BCUT2D eigenvalue weighted by Gasteiger charge is -2.27. The number of carbonyl (C=O) groups is 1. The molecule has 1 aromatic rings. The van der Waals surface area contributed by atoms with Gasteiger partial charge in [-0.15, -0.1) is 0 Å². The molecule has 0 saturated carbocycles. The molecule has 2 amide bonds. The number of nitrogens with one attached hydrogen (secondary N) is 1. The van der Waals surface area contributed by atoms with Crippen molar-refractivity contribution in [2.45, 2.75) is 24.3 Å². The molecule has 108 valence electrons. The lowest BCUT2D eigenvalue weighted by Crippen LogP contribution is -2.48. The molecule has 2 aliphatic rings. The first-order valence-electron chi connectivity index (χ1n) is 6.46. The maximum absolute atomic E-state index is 13.0. The first kappa shape index (κ1) is 13.4. The standard InChI is InChI=1S/C13H15FN2O3S/c14-10-3-1-2-9(4-10)6-15-13(17)16-7-12-5-11(16)8-20(12,18)19/h1-4,11-12H,5-8H2,(H,15,17). The van der Waals surface area contributed by atoms with Crippen molar-refractivity contribution < 1.29 is 17.6 Å². The van der Waals surface area contributed by atoms with Gasteiger partial charge in [0.15, 0.2) is 9.84 Å². The van der Waals surface area contributed by atoms with E-state index in [0.717, 1.165) is 0 Å². The summed E-state index contributed by atoms with van der Waals surface area (Å²) in [5.41, 5.74) is 0.676. The fraction of sp³-hybridized carbons (Fsp3) is 0.462. The maximum Gasteiger partial charge on any atom is 0.317 e. The molecule has 2 aliphatic heterocycles. The summed E-state index contributed by atoms with van der Waals surface area (Å²) in [6.45, 7) is 0.499. The van der Waals surface area contributed by atoms with Crippen molar-refractivity contribution in [1.82, 2.24) is 10.2 Å². The van der Waals surface area contributed by atoms with Crippen LogP contribution in [0, 0.1) is 5.82 Å². The summed E-state index contributed by atoms with van der Waals surface area (Å²) in [6.07, 6.45) is 0.537. The Balaban J connectivity index is 1.59. The van der Waals surface area contributed by atoms with Gasteiger partial charge in [0.05, 0.1) is 11.0 Å². The van der Waals surface area contributed by atoms with E-state index in [1.165, 1.54) is 12.1 Å². The van der Waals surface area contributed by atoms with Crippen molar-refractivity contribution in [3.63, 3.8) is 0 Å². The Labute approximate surface area is 116 Å². The number of rotatable bonds is 2. The molecule has 2 unspecified atom stereocenters. The number of nitrogens with zero attached hydrogens (tertiary/aromatic N) is 1. The van der Waals surface area contributed by atoms with Crippen LogP contribution in [0.3, 0.4) is 0 Å². The van der Waals surface area contributed by atoms with Crippen molar-refractivity contribution in [3.05, 3.63) is 35.6 Å². The highest BCUT2D eigenvalue weighted by Crippen LogP contribution is 2.32. The minimum Gasteiger partial charge on any atom is -0.334 e. The van der Waals surface area contributed by atoms with Crippen LogP contribution in [0.1, 0.15) is 12.0 Å². The summed E-state index contributed by atoms with van der Waals surface area (Å²) < 4.78 is 36.2. The van der Waals surface area contributed by atoms with Crippen LogP contribution in [0.15, 0.2) is 24.3 Å². The van der Waals surface area contributed by atoms with E-state index in [1.807, 2.05) is 0 Å². The smallest absolute Gasteiger partial charge is 0.317 e. The second-order valence-corrected chi connectivity index (χ2v) is 7.61. The molecule has 2 fully saturated rings. The first-order valence-corrected chi connectivity index (χ1v) is 8.18. The number of halogens is 1. The van der Waals surface area contributed by atoms with E-state index in [-0.39, 0.29) is 36.7 Å². The molecular formula is C13H15FN2O3S. The van der Waals surface area contributed by atoms with Crippen molar-refractivity contribution in [2.75, 3.05) is 12.3 Å². The molecule has 2 heterocycles. The first-order chi connectivity index (χ1) is 9.45. The predicted molar refractivity (Wildman–Crippen MR) is 71.3 cm³/mol. The molecule has 0 spiro atoms. The zero-order valence-electron chi connectivity index (χ0n) is 10.8. The van der Waals surface area contributed by atoms with Crippen molar-refractivity contribution in [2.24, 2.45) is 0 Å². The van der Waals surface area contributed by atoms with Crippen LogP contribution in [0.5, 0.6) is 0 Å². The molecule has 5 nitrogen and oxygen atoms in total. The van der Waals surface area contributed by atoms with Crippen LogP contribution >= 0.6 is 0 Å². The number of amides is 2. The average molecular weight is 298 g/mol. The Kier molecular flexibility index (Phi) is 3.16. The molecule has 0 aliphatic carbocycles. The average Bonchev–Trinajstić information content (AvgIpc) is 2.91. The van der Waals surface area contributed by atoms with Gasteiger partial charge in [-0.3, -0.25) is 0 Å². The number of fused-ring (bicyclic) bond motifs is 2. The van der Waals surface area contributed by atoms with Gasteiger partial charge in [-0.25, -0.2) is 17.6 Å². The van der Waals surface area contributed by atoms with E-state index in [9.17, 15) is 17.6 Å². The van der Waals surface area contributed by atoms with Gasteiger partial charge in [-0.1, -0.05) is 12.1 Å². The zero-order valence-corrected chi connectivity index (χ0v) is 11.6. The van der Waals surface area contributed by atoms with E-state index in [1.54, 1.807) is 17.0 Å². The van der Waals surface area contributed by atoms with E-state index in [4.69, 9.17) is 0 Å². The van der Waals surface area contributed by atoms with E-state index in [0.29, 0.717) is 12.0 Å². The van der Waals surface area contributed by atoms with Gasteiger partial charge in [-0.2, -0.15) is 0 Å². The molecule has 1 aromatic carbocycles. The Bertz CT molecular complexity index is 647. The van der Waals surface area contributed by atoms with Gasteiger partial charge >= 0.3 is 6.03 Å². The van der Waals surface area contributed by atoms with Gasteiger partial charge in [0, 0.05) is 19.1 Å². The summed E-state index contributed by atoms with van der Waals surface area (Å²) in [5.74, 6) is -0.284. The van der Waals surface area contributed by atoms with Gasteiger partial charge < -0.3 is 10.2 Å². The van der Waals surface area contributed by atoms with E-state index < -0.39 is 15.1 Å². The molecule has 20 heavy (non-hydrogen) atoms. The fourth-order valence-electron chi connectivity index (χ4n) is 2.87. The third kappa shape index (κ3) is 2.37. The van der Waals surface area contributed by atoms with Crippen LogP contribution < -0.4 is 5.32 Å². The maximum atomic E-state index is 13.0. The molecular weight excluding hydrogens is 283 g/mol. The van der Waals surface area contributed by atoms with Crippen molar-refractivity contribution in [3.8, 4) is 0 Å². The number of likely N-dealkylation sites (tertiary alicyclic amines) is 1. The van der Waals surface area contributed by atoms with Gasteiger partial charge in [0.1, 0.15) is 5.82 Å². The Morgan fingerprint density at radius 2 is 2.25 bits per heavy atom. The summed E-state index contributed by atoms with van der Waals surface area (Å²) in [5, 5.41) is 2.30. The second-order valence-electron chi connectivity index (χ2n) is 5.28. The third-order valence-corrected chi connectivity index (χ3v) is 6.11. The summed E-state index contributed by atoms with van der Waals surface area (Å²) >= 11 is 0. The van der Waals surface area contributed by atoms with Crippen LogP contribution in [0.4, 0.5) is 9.18 Å². The number of hydrogen-bond acceptors (Lipinski definition) is 3. The normalized spacial score (nSPS) is 26.8. The molecule has 3 rings (SSSR count). The van der Waals surface area contributed by atoms with Crippen LogP contribution in [0.25, 0.3) is 0 Å². The monoisotopic (exact) mass is 298 g/mol. The van der Waals surface area contributed by atoms with E-state index >= 15 is 0 Å². The fourth-order valence-corrected chi connectivity index (χ4v) is 4.90. The summed E-state index contributed by atoms with van der Waals surface area (Å²) in [7, 11) is -3.00. The highest BCUT2D eigenvalue weighted by Gasteiger charge is 2.49. The molecule has 2 atom stereocenters. The lowest BCUT2D eigenvalue weighted by molar-refractivity contribution is 0.195. The SMILES string of the molecule is O=C(NCc1cccc(F)c1)N1CC2CC1CS2(=O)=O. The number of urea groups is 1. The third-order valence-electron chi connectivity index (χ3n) is 3.90. The Hall–Kier alpha value is -1.63. The topological polar surface area (TPSA) is 66.5 Å². The highest BCUT2D eigenvalue weighted by molar-refractivity contribution is 7.92. The quantitative estimate of drug-likeness (QED) is 0.882. The molecule has 7 heteroatoms. The minimum atomic E-state index is -3.00. The molecule has 2 bridgehead atoms. The summed E-state index contributed by atoms with van der Waals surface area (Å²) in [6, 6.07) is 5.52. The number of benzene rings is 1. The molecule has 0 radical (unpaired) electrons. The second kappa shape index (κ2) is 4.73. The summed E-state index contributed by atoms with van der Waals surface area (Å²) in [4.78, 5) is 13.6. The van der Waals surface area contributed by atoms with Gasteiger partial charge in [0.2, 0.25) is 0 Å². The van der Waals surface area contributed by atoms with Gasteiger partial charge in [0.25, 0.3) is 0 Å². The minimum absolute atomic E-state index is 0.0606. The van der Waals surface area contributed by atoms with Crippen LogP contribution in [-0.4, -0.2) is 42.9 Å². The molecule has 1 N–H and O–H groups in total. The lowest BCUT2D eigenvalue weighted by atomic mass is 10.2. The van der Waals surface area contributed by atoms with E-state index in [2.05, 4.69) is 5.32 Å². The van der Waals surface area contributed by atoms with Gasteiger partial charge in [-0.05, 0) is 24.1 Å². The zero-order chi connectivity index (χ0) is 14.3. The number of sulfone groups is 1. The Morgan fingerprint density at radius 3 is 2.85 bits per heavy atom. The van der Waals surface area contributed by atoms with Crippen molar-refractivity contribution in [1.29, 1.82) is 0 Å². The number of hydrogen-bond donors (Lipinski definition) is 1.